The van der Waals surface area contributed by atoms with Crippen molar-refractivity contribution in [1.29, 1.82) is 0 Å². The van der Waals surface area contributed by atoms with E-state index in [-0.39, 0.29) is 0 Å². The zero-order valence-electron chi connectivity index (χ0n) is 46.3. The average Bonchev–Trinajstić information content (AvgIpc) is 1.51. The van der Waals surface area contributed by atoms with Gasteiger partial charge in [-0.3, -0.25) is 9.97 Å². The second kappa shape index (κ2) is 18.9. The highest BCUT2D eigenvalue weighted by Crippen LogP contribution is 2.51. The molecular formula is C78H48N8. The zero-order valence-corrected chi connectivity index (χ0v) is 46.3. The number of pyridine rings is 2. The summed E-state index contributed by atoms with van der Waals surface area (Å²) in [5, 5.41) is 4.09. The summed E-state index contributed by atoms with van der Waals surface area (Å²) in [5.74, 6) is 0. The molecule has 0 fully saturated rings. The molecule has 18 rings (SSSR count). The van der Waals surface area contributed by atoms with Crippen molar-refractivity contribution in [3.63, 3.8) is 0 Å². The molecule has 0 unspecified atom stereocenters. The molecule has 0 radical (unpaired) electrons. The van der Waals surface area contributed by atoms with Gasteiger partial charge in [0.2, 0.25) is 0 Å². The number of rotatable bonds is 8. The Morgan fingerprint density at radius 2 is 0.581 bits per heavy atom. The molecule has 0 aliphatic rings. The van der Waals surface area contributed by atoms with E-state index in [0.29, 0.717) is 22.8 Å². The van der Waals surface area contributed by atoms with E-state index in [2.05, 4.69) is 261 Å². The van der Waals surface area contributed by atoms with E-state index < -0.39 is 0 Å². The lowest BCUT2D eigenvalue weighted by molar-refractivity contribution is 1.13. The number of hydrogen-bond acceptors (Lipinski definition) is 4. The lowest BCUT2D eigenvalue weighted by Crippen LogP contribution is -2.06. The molecule has 0 aliphatic heterocycles. The summed E-state index contributed by atoms with van der Waals surface area (Å²) in [6.45, 7) is 0. The second-order valence-corrected chi connectivity index (χ2v) is 22.2. The van der Waals surface area contributed by atoms with Crippen LogP contribution in [-0.2, 0) is 0 Å². The molecule has 7 heterocycles. The maximum atomic E-state index is 6.04. The van der Waals surface area contributed by atoms with Gasteiger partial charge < -0.3 is 17.9 Å². The fraction of sp³-hybridized carbons (Fsp3) is 0. The smallest absolute Gasteiger partial charge is 0.117 e. The van der Waals surface area contributed by atoms with E-state index in [4.69, 9.17) is 19.9 Å². The van der Waals surface area contributed by atoms with Crippen molar-refractivity contribution in [1.82, 2.24) is 37.9 Å². The van der Waals surface area contributed by atoms with E-state index in [1.807, 2.05) is 48.8 Å². The van der Waals surface area contributed by atoms with Crippen LogP contribution in [0.5, 0.6) is 0 Å². The number of nitrogens with zero attached hydrogens (tertiary/aromatic N) is 8. The van der Waals surface area contributed by atoms with Gasteiger partial charge in [-0.2, -0.15) is 0 Å². The molecule has 0 saturated carbocycles. The minimum Gasteiger partial charge on any atom is -0.306 e. The lowest BCUT2D eigenvalue weighted by atomic mass is 9.98. The Labute approximate surface area is 493 Å². The third-order valence-corrected chi connectivity index (χ3v) is 17.3. The molecule has 11 aromatic carbocycles. The fourth-order valence-corrected chi connectivity index (χ4v) is 13.7. The highest BCUT2D eigenvalue weighted by molar-refractivity contribution is 6.38. The summed E-state index contributed by atoms with van der Waals surface area (Å²) in [4.78, 5) is 22.1. The monoisotopic (exact) mass is 1100 g/mol. The average molecular weight is 1100 g/mol. The molecule has 0 amide bonds. The van der Waals surface area contributed by atoms with E-state index >= 15 is 0 Å². The minimum absolute atomic E-state index is 0.652. The summed E-state index contributed by atoms with van der Waals surface area (Å²) in [7, 11) is 0. The Bertz CT molecular complexity index is 5350. The number of hydrogen-bond donors (Lipinski definition) is 0. The number of fused-ring (bicyclic) bond motifs is 14. The summed E-state index contributed by atoms with van der Waals surface area (Å²) >= 11 is 0. The van der Waals surface area contributed by atoms with E-state index in [1.54, 1.807) is 0 Å². The lowest BCUT2D eigenvalue weighted by Gasteiger charge is -2.20. The van der Waals surface area contributed by atoms with E-state index in [0.717, 1.165) is 144 Å². The van der Waals surface area contributed by atoms with Gasteiger partial charge in [0.1, 0.15) is 22.4 Å². The maximum Gasteiger partial charge on any atom is 0.117 e. The van der Waals surface area contributed by atoms with Crippen molar-refractivity contribution < 1.29 is 0 Å². The molecule has 0 N–H and O–H groups in total. The van der Waals surface area contributed by atoms with Gasteiger partial charge in [-0.05, 0) is 142 Å². The predicted molar refractivity (Wildman–Crippen MR) is 353 cm³/mol. The highest BCUT2D eigenvalue weighted by Gasteiger charge is 2.31. The molecule has 0 spiro atoms. The van der Waals surface area contributed by atoms with Crippen LogP contribution < -0.4 is 0 Å². The van der Waals surface area contributed by atoms with Crippen LogP contribution in [0.4, 0.5) is 0 Å². The van der Waals surface area contributed by atoms with E-state index in [1.165, 1.54) is 0 Å². The highest BCUT2D eigenvalue weighted by atomic mass is 15.1. The van der Waals surface area contributed by atoms with Gasteiger partial charge >= 0.3 is 0 Å². The number of benzene rings is 11. The van der Waals surface area contributed by atoms with Crippen LogP contribution >= 0.6 is 0 Å². The Kier molecular flexibility index (Phi) is 10.5. The van der Waals surface area contributed by atoms with Crippen LogP contribution in [0.15, 0.2) is 291 Å². The quantitative estimate of drug-likeness (QED) is 0.142. The van der Waals surface area contributed by atoms with Gasteiger partial charge in [-0.25, -0.2) is 9.97 Å². The van der Waals surface area contributed by atoms with Crippen LogP contribution in [0, 0.1) is 0 Å². The molecule has 400 valence electrons. The summed E-state index contributed by atoms with van der Waals surface area (Å²) in [5.41, 5.74) is 25.8. The van der Waals surface area contributed by atoms with Crippen LogP contribution in [0.2, 0.25) is 0 Å². The van der Waals surface area contributed by atoms with E-state index in [9.17, 15) is 0 Å². The molecule has 7 aromatic heterocycles. The molecule has 8 heteroatoms. The van der Waals surface area contributed by atoms with Gasteiger partial charge in [0.05, 0.1) is 66.6 Å². The molecule has 0 saturated heterocycles. The third kappa shape index (κ3) is 7.17. The Morgan fingerprint density at radius 1 is 0.244 bits per heavy atom. The van der Waals surface area contributed by atoms with Crippen LogP contribution in [0.3, 0.4) is 0 Å². The number of para-hydroxylation sites is 2. The fourth-order valence-electron chi connectivity index (χ4n) is 13.7. The van der Waals surface area contributed by atoms with Gasteiger partial charge in [-0.1, -0.05) is 182 Å². The first-order chi connectivity index (χ1) is 42.7. The van der Waals surface area contributed by atoms with Crippen molar-refractivity contribution in [2.75, 3.05) is 0 Å². The zero-order chi connectivity index (χ0) is 56.4. The first kappa shape index (κ1) is 47.9. The Balaban J connectivity index is 1.17. The summed E-state index contributed by atoms with van der Waals surface area (Å²) in [6, 6.07) is 100. The van der Waals surface area contributed by atoms with Crippen LogP contribution in [0.1, 0.15) is 0 Å². The minimum atomic E-state index is 0.652. The topological polar surface area (TPSA) is 70.2 Å². The van der Waals surface area contributed by atoms with Crippen molar-refractivity contribution in [2.45, 2.75) is 0 Å². The molecule has 18 aromatic rings. The van der Waals surface area contributed by atoms with Gasteiger partial charge in [0.15, 0.2) is 0 Å². The second-order valence-electron chi connectivity index (χ2n) is 22.2. The largest absolute Gasteiger partial charge is 0.306 e. The number of aromatic nitrogens is 8. The normalized spacial score (nSPS) is 12.0. The molecule has 0 atom stereocenters. The standard InChI is InChI=1S/C78H48N8/c1-7-23-49(24-8-1)53-37-39-63-65(45-53)83(57-31-15-5-16-32-57)67-47-55(51-27-11-3-12-28-51)43-59-69-73-74(82-72(62-36-20-22-42-80-62)71(81-73)61-35-19-21-41-79-61)70-60-44-56(52-29-13-4-14-30-52)48-68-76(60)86(78(70)77(69)85(63)75(59)67)64-40-38-54(50-25-9-2-10-26-50)46-66(64)84(68)58-33-17-6-18-34-58/h1-48H. The van der Waals surface area contributed by atoms with Gasteiger partial charge in [0.25, 0.3) is 0 Å². The first-order valence-corrected chi connectivity index (χ1v) is 29.1. The maximum absolute atomic E-state index is 6.04. The molecule has 8 nitrogen and oxygen atoms in total. The van der Waals surface area contributed by atoms with Crippen LogP contribution in [-0.4, -0.2) is 37.9 Å². The third-order valence-electron chi connectivity index (χ3n) is 17.3. The summed E-state index contributed by atoms with van der Waals surface area (Å²) < 4.78 is 10.1. The Hall–Kier alpha value is -11.7. The van der Waals surface area contributed by atoms with Crippen molar-refractivity contribution >= 4 is 87.7 Å². The van der Waals surface area contributed by atoms with Crippen molar-refractivity contribution in [2.24, 2.45) is 0 Å². The molecular weight excluding hydrogens is 1050 g/mol. The molecule has 86 heavy (non-hydrogen) atoms. The molecule has 0 aliphatic carbocycles. The first-order valence-electron chi connectivity index (χ1n) is 29.1. The van der Waals surface area contributed by atoms with Gasteiger partial charge in [0, 0.05) is 45.3 Å². The predicted octanol–water partition coefficient (Wildman–Crippen LogP) is 19.4. The molecule has 0 bridgehead atoms. The summed E-state index contributed by atoms with van der Waals surface area (Å²) in [6.07, 6.45) is 3.67. The van der Waals surface area contributed by atoms with Crippen molar-refractivity contribution in [3.05, 3.63) is 291 Å². The van der Waals surface area contributed by atoms with Crippen LogP contribution in [0.25, 0.3) is 166 Å². The van der Waals surface area contributed by atoms with Crippen molar-refractivity contribution in [3.8, 4) is 78.7 Å². The van der Waals surface area contributed by atoms with Gasteiger partial charge in [-0.15, -0.1) is 0 Å². The SMILES string of the molecule is c1ccc(-c2ccc3c(c2)n(-c2ccccc2)c2cc(-c4ccccc4)cc4c5c6nc(-c7ccccn7)c(-c7ccccn7)nc6c6c7cc(-c8ccccc8)cc8c7n(c7ccc(-c9ccccc9)cc7n8-c7ccccc7)c6c5n3c42)cc1. The Morgan fingerprint density at radius 3 is 0.942 bits per heavy atom.